The topological polar surface area (TPSA) is 93.8 Å². The zero-order valence-corrected chi connectivity index (χ0v) is 18.1. The summed E-state index contributed by atoms with van der Waals surface area (Å²) >= 11 is 12.0. The quantitative estimate of drug-likeness (QED) is 0.515. The molecule has 0 radical (unpaired) electrons. The lowest BCUT2D eigenvalue weighted by molar-refractivity contribution is -0.119. The van der Waals surface area contributed by atoms with Gasteiger partial charge in [0.1, 0.15) is 6.10 Å². The van der Waals surface area contributed by atoms with Gasteiger partial charge in [0.05, 0.1) is 6.42 Å². The summed E-state index contributed by atoms with van der Waals surface area (Å²) < 4.78 is 5.27. The van der Waals surface area contributed by atoms with Crippen LogP contribution < -0.4 is 11.1 Å². The molecular weight excluding hydrogens is 401 g/mol. The van der Waals surface area contributed by atoms with Crippen LogP contribution in [-0.2, 0) is 16.0 Å². The van der Waals surface area contributed by atoms with Crippen molar-refractivity contribution in [3.05, 3.63) is 33.8 Å². The minimum Gasteiger partial charge on any atom is -0.445 e. The fourth-order valence-corrected chi connectivity index (χ4v) is 3.36. The van der Waals surface area contributed by atoms with Gasteiger partial charge in [-0.15, -0.1) is 4.99 Å². The van der Waals surface area contributed by atoms with Gasteiger partial charge in [-0.25, -0.2) is 4.79 Å². The molecule has 6 nitrogen and oxygen atoms in total. The van der Waals surface area contributed by atoms with Gasteiger partial charge in [-0.3, -0.25) is 10.1 Å². The number of guanidine groups is 1. The molecule has 0 spiro atoms. The number of ether oxygens (including phenoxy) is 1. The molecule has 28 heavy (non-hydrogen) atoms. The van der Waals surface area contributed by atoms with Crippen molar-refractivity contribution in [2.45, 2.75) is 65.4 Å². The van der Waals surface area contributed by atoms with Gasteiger partial charge in [-0.2, -0.15) is 0 Å². The maximum Gasteiger partial charge on any atom is 0.437 e. The first-order valence-electron chi connectivity index (χ1n) is 9.54. The fourth-order valence-electron chi connectivity index (χ4n) is 2.83. The van der Waals surface area contributed by atoms with E-state index < -0.39 is 12.0 Å². The average Bonchev–Trinajstić information content (AvgIpc) is 2.58. The minimum absolute atomic E-state index is 0.0795. The molecule has 156 valence electrons. The molecule has 2 amide bonds. The van der Waals surface area contributed by atoms with Crippen LogP contribution >= 0.6 is 23.2 Å². The first-order chi connectivity index (χ1) is 13.3. The van der Waals surface area contributed by atoms with Crippen LogP contribution in [0.15, 0.2) is 23.2 Å². The Bertz CT molecular complexity index is 675. The zero-order valence-electron chi connectivity index (χ0n) is 16.6. The number of nitrogens with zero attached hydrogens (tertiary/aromatic N) is 1. The van der Waals surface area contributed by atoms with Crippen molar-refractivity contribution in [2.75, 3.05) is 0 Å². The van der Waals surface area contributed by atoms with E-state index in [0.717, 1.165) is 25.7 Å². The van der Waals surface area contributed by atoms with Crippen LogP contribution in [0.5, 0.6) is 0 Å². The van der Waals surface area contributed by atoms with Gasteiger partial charge in [0, 0.05) is 10.0 Å². The van der Waals surface area contributed by atoms with Crippen LogP contribution in [-0.4, -0.2) is 24.1 Å². The maximum atomic E-state index is 12.0. The third-order valence-electron chi connectivity index (χ3n) is 4.03. The van der Waals surface area contributed by atoms with Crippen molar-refractivity contribution in [3.8, 4) is 0 Å². The number of aliphatic imine (C=N–C) groups is 1. The fraction of sp³-hybridized carbons (Fsp3) is 0.550. The highest BCUT2D eigenvalue weighted by Gasteiger charge is 2.22. The number of carbonyl (C=O) groups is 2. The first kappa shape index (κ1) is 24.2. The summed E-state index contributed by atoms with van der Waals surface area (Å²) in [5.41, 5.74) is 6.07. The Balaban J connectivity index is 0.00000122. The molecule has 1 saturated carbocycles. The predicted octanol–water partition coefficient (Wildman–Crippen LogP) is 5.10. The molecule has 0 saturated heterocycles. The molecule has 3 N–H and O–H groups in total. The van der Waals surface area contributed by atoms with Gasteiger partial charge < -0.3 is 10.5 Å². The van der Waals surface area contributed by atoms with Crippen molar-refractivity contribution < 1.29 is 14.3 Å². The standard InChI is InChI=1S/C17H21Cl2N3O3.C3H8/c1-10-4-2-5-11(8-10)25-17(24)22-16(20)21-15(23)9-12-13(18)6-3-7-14(12)19;1-3-2/h3,6-7,10-11H,2,4-5,8-9H2,1H3,(H3,20,21,22,23,24);3H2,1-2H3/t10-,11?;/m1./s1. The minimum atomic E-state index is -0.798. The maximum absolute atomic E-state index is 12.0. The van der Waals surface area contributed by atoms with Gasteiger partial charge in [0.15, 0.2) is 0 Å². The van der Waals surface area contributed by atoms with Crippen LogP contribution in [0.2, 0.25) is 10.0 Å². The molecule has 1 aromatic rings. The largest absolute Gasteiger partial charge is 0.445 e. The summed E-state index contributed by atoms with van der Waals surface area (Å²) in [7, 11) is 0. The van der Waals surface area contributed by atoms with E-state index in [4.69, 9.17) is 33.7 Å². The van der Waals surface area contributed by atoms with Crippen LogP contribution in [0, 0.1) is 5.92 Å². The highest BCUT2D eigenvalue weighted by molar-refractivity contribution is 6.36. The number of nitrogens with one attached hydrogen (secondary N) is 1. The molecule has 1 unspecified atom stereocenters. The summed E-state index contributed by atoms with van der Waals surface area (Å²) in [4.78, 5) is 27.4. The molecule has 1 fully saturated rings. The SMILES string of the molecule is CCC.C[C@@H]1CCCC(OC(=O)/N=C(\N)NC(=O)Cc2c(Cl)cccc2Cl)C1. The van der Waals surface area contributed by atoms with Crippen molar-refractivity contribution in [2.24, 2.45) is 16.6 Å². The molecular formula is C20H29Cl2N3O3. The number of nitrogens with two attached hydrogens (primary N) is 1. The molecule has 2 rings (SSSR count). The number of carbonyl (C=O) groups excluding carboxylic acids is 2. The second kappa shape index (κ2) is 12.6. The second-order valence-corrected chi connectivity index (χ2v) is 7.72. The van der Waals surface area contributed by atoms with Crippen molar-refractivity contribution >= 4 is 41.2 Å². The first-order valence-corrected chi connectivity index (χ1v) is 10.3. The van der Waals surface area contributed by atoms with E-state index in [9.17, 15) is 9.59 Å². The van der Waals surface area contributed by atoms with Crippen molar-refractivity contribution in [1.29, 1.82) is 0 Å². The lowest BCUT2D eigenvalue weighted by atomic mass is 9.89. The summed E-state index contributed by atoms with van der Waals surface area (Å²) in [6.07, 6.45) is 4.03. The normalized spacial score (nSPS) is 19.2. The number of rotatable bonds is 3. The third kappa shape index (κ3) is 8.93. The van der Waals surface area contributed by atoms with Crippen LogP contribution in [0.3, 0.4) is 0 Å². The zero-order chi connectivity index (χ0) is 21.1. The number of hydrogen-bond donors (Lipinski definition) is 2. The summed E-state index contributed by atoms with van der Waals surface area (Å²) in [6.45, 7) is 6.37. The van der Waals surface area contributed by atoms with Crippen LogP contribution in [0.1, 0.15) is 58.4 Å². The molecule has 8 heteroatoms. The second-order valence-electron chi connectivity index (χ2n) is 6.91. The van der Waals surface area contributed by atoms with Gasteiger partial charge >= 0.3 is 6.09 Å². The monoisotopic (exact) mass is 429 g/mol. The van der Waals surface area contributed by atoms with Gasteiger partial charge in [-0.1, -0.05) is 62.9 Å². The number of benzene rings is 1. The molecule has 1 aliphatic rings. The Morgan fingerprint density at radius 2 is 1.86 bits per heavy atom. The lowest BCUT2D eigenvalue weighted by Gasteiger charge is -2.25. The van der Waals surface area contributed by atoms with E-state index in [1.54, 1.807) is 18.2 Å². The molecule has 0 aromatic heterocycles. The molecule has 0 aliphatic heterocycles. The molecule has 0 heterocycles. The number of amides is 2. The molecule has 1 aromatic carbocycles. The van der Waals surface area contributed by atoms with Gasteiger partial charge in [0.2, 0.25) is 11.9 Å². The van der Waals surface area contributed by atoms with E-state index >= 15 is 0 Å². The summed E-state index contributed by atoms with van der Waals surface area (Å²) in [6, 6.07) is 4.95. The van der Waals surface area contributed by atoms with Crippen LogP contribution in [0.4, 0.5) is 4.79 Å². The number of hydrogen-bond acceptors (Lipinski definition) is 3. The molecule has 0 bridgehead atoms. The van der Waals surface area contributed by atoms with Gasteiger partial charge in [-0.05, 0) is 42.9 Å². The highest BCUT2D eigenvalue weighted by atomic mass is 35.5. The van der Waals surface area contributed by atoms with Crippen molar-refractivity contribution in [1.82, 2.24) is 5.32 Å². The van der Waals surface area contributed by atoms with Crippen molar-refractivity contribution in [3.63, 3.8) is 0 Å². The van der Waals surface area contributed by atoms with E-state index in [0.29, 0.717) is 21.5 Å². The van der Waals surface area contributed by atoms with E-state index in [1.165, 1.54) is 6.42 Å². The lowest BCUT2D eigenvalue weighted by Crippen LogP contribution is -2.38. The highest BCUT2D eigenvalue weighted by Crippen LogP contribution is 2.26. The Morgan fingerprint density at radius 1 is 1.25 bits per heavy atom. The van der Waals surface area contributed by atoms with E-state index in [-0.39, 0.29) is 18.5 Å². The predicted molar refractivity (Wildman–Crippen MR) is 114 cm³/mol. The Morgan fingerprint density at radius 3 is 2.43 bits per heavy atom. The summed E-state index contributed by atoms with van der Waals surface area (Å²) in [5, 5.41) is 3.09. The Kier molecular flexibility index (Phi) is 10.9. The average molecular weight is 430 g/mol. The van der Waals surface area contributed by atoms with E-state index in [1.807, 2.05) is 0 Å². The molecule has 1 aliphatic carbocycles. The number of halogens is 2. The smallest absolute Gasteiger partial charge is 0.437 e. The van der Waals surface area contributed by atoms with Crippen LogP contribution in [0.25, 0.3) is 0 Å². The third-order valence-corrected chi connectivity index (χ3v) is 4.74. The Hall–Kier alpha value is -1.79. The summed E-state index contributed by atoms with van der Waals surface area (Å²) in [5.74, 6) is -0.273. The molecule has 2 atom stereocenters. The van der Waals surface area contributed by atoms with Gasteiger partial charge in [0.25, 0.3) is 0 Å². The van der Waals surface area contributed by atoms with E-state index in [2.05, 4.69) is 31.1 Å². The Labute approximate surface area is 176 Å².